The van der Waals surface area contributed by atoms with Gasteiger partial charge in [-0.1, -0.05) is 57.2 Å². The van der Waals surface area contributed by atoms with Crippen LogP contribution in [0.2, 0.25) is 0 Å². The number of carbonyl (C=O) groups excluding carboxylic acids is 1. The number of ether oxygens (including phenoxy) is 1. The molecule has 1 aromatic rings. The third-order valence-corrected chi connectivity index (χ3v) is 3.28. The number of hydrogen-bond donors (Lipinski definition) is 0. The van der Waals surface area contributed by atoms with Gasteiger partial charge in [-0.25, -0.2) is 4.79 Å². The van der Waals surface area contributed by atoms with Crippen LogP contribution < -0.4 is 0 Å². The Morgan fingerprint density at radius 3 is 2.37 bits per heavy atom. The molecule has 1 aromatic carbocycles. The Balaban J connectivity index is 2.14. The van der Waals surface area contributed by atoms with Gasteiger partial charge in [0.2, 0.25) is 0 Å². The number of esters is 1. The van der Waals surface area contributed by atoms with Gasteiger partial charge in [0.1, 0.15) is 0 Å². The summed E-state index contributed by atoms with van der Waals surface area (Å²) >= 11 is 0. The number of unbranched alkanes of at least 4 members (excludes halogenated alkanes) is 5. The number of hydrogen-bond acceptors (Lipinski definition) is 2. The molecule has 1 atom stereocenters. The third kappa shape index (κ3) is 7.00. The molecule has 0 aliphatic rings. The van der Waals surface area contributed by atoms with Crippen LogP contribution in [0.5, 0.6) is 0 Å². The molecule has 0 bridgehead atoms. The van der Waals surface area contributed by atoms with Crippen LogP contribution in [0.3, 0.4) is 0 Å². The molecule has 0 aromatic heterocycles. The lowest BCUT2D eigenvalue weighted by atomic mass is 10.1. The Hall–Kier alpha value is -1.31. The van der Waals surface area contributed by atoms with Crippen LogP contribution >= 0.6 is 0 Å². The molecule has 0 saturated carbocycles. The summed E-state index contributed by atoms with van der Waals surface area (Å²) in [5.41, 5.74) is 0.636. The van der Waals surface area contributed by atoms with E-state index >= 15 is 0 Å². The largest absolute Gasteiger partial charge is 0.459 e. The highest BCUT2D eigenvalue weighted by atomic mass is 16.5. The molecule has 106 valence electrons. The standard InChI is InChI=1S/C17H26O2/c1-3-4-5-6-7-9-12-15(2)19-17(18)16-13-10-8-11-14-16/h8,10-11,13-15H,3-7,9,12H2,1-2H3/t15-/m0/s1. The Morgan fingerprint density at radius 1 is 1.05 bits per heavy atom. The highest BCUT2D eigenvalue weighted by Crippen LogP contribution is 2.12. The summed E-state index contributed by atoms with van der Waals surface area (Å²) in [4.78, 5) is 11.8. The zero-order valence-corrected chi connectivity index (χ0v) is 12.2. The lowest BCUT2D eigenvalue weighted by Crippen LogP contribution is -2.14. The minimum absolute atomic E-state index is 0.0129. The van der Waals surface area contributed by atoms with E-state index < -0.39 is 0 Å². The van der Waals surface area contributed by atoms with Crippen molar-refractivity contribution in [3.05, 3.63) is 35.9 Å². The maximum Gasteiger partial charge on any atom is 0.338 e. The van der Waals surface area contributed by atoms with Gasteiger partial charge in [0.05, 0.1) is 11.7 Å². The number of benzene rings is 1. The van der Waals surface area contributed by atoms with Crippen molar-refractivity contribution >= 4 is 5.97 Å². The predicted molar refractivity (Wildman–Crippen MR) is 79.3 cm³/mol. The first kappa shape index (κ1) is 15.7. The summed E-state index contributed by atoms with van der Waals surface area (Å²) in [6.07, 6.45) is 8.61. The van der Waals surface area contributed by atoms with Crippen LogP contribution in [0.1, 0.15) is 69.2 Å². The van der Waals surface area contributed by atoms with Crippen molar-refractivity contribution in [3.63, 3.8) is 0 Å². The van der Waals surface area contributed by atoms with Crippen LogP contribution in [0.25, 0.3) is 0 Å². The number of carbonyl (C=O) groups is 1. The first-order valence-electron chi connectivity index (χ1n) is 7.50. The number of rotatable bonds is 9. The molecule has 2 nitrogen and oxygen atoms in total. The van der Waals surface area contributed by atoms with E-state index in [0.717, 1.165) is 12.8 Å². The smallest absolute Gasteiger partial charge is 0.338 e. The minimum Gasteiger partial charge on any atom is -0.459 e. The van der Waals surface area contributed by atoms with E-state index in [0.29, 0.717) is 5.56 Å². The van der Waals surface area contributed by atoms with Gasteiger partial charge < -0.3 is 4.74 Å². The molecule has 0 aliphatic carbocycles. The fourth-order valence-corrected chi connectivity index (χ4v) is 2.10. The molecule has 0 spiro atoms. The molecule has 0 unspecified atom stereocenters. The van der Waals surface area contributed by atoms with Crippen molar-refractivity contribution in [3.8, 4) is 0 Å². The van der Waals surface area contributed by atoms with Crippen LogP contribution in [0.4, 0.5) is 0 Å². The van der Waals surface area contributed by atoms with Gasteiger partial charge in [-0.2, -0.15) is 0 Å². The topological polar surface area (TPSA) is 26.3 Å². The molecule has 0 heterocycles. The van der Waals surface area contributed by atoms with Crippen molar-refractivity contribution in [2.24, 2.45) is 0 Å². The van der Waals surface area contributed by atoms with Gasteiger partial charge in [0.25, 0.3) is 0 Å². The Labute approximate surface area is 117 Å². The van der Waals surface area contributed by atoms with E-state index in [-0.39, 0.29) is 12.1 Å². The molecule has 0 fully saturated rings. The average molecular weight is 262 g/mol. The van der Waals surface area contributed by atoms with Gasteiger partial charge >= 0.3 is 5.97 Å². The zero-order chi connectivity index (χ0) is 13.9. The average Bonchev–Trinajstić information content (AvgIpc) is 2.43. The van der Waals surface area contributed by atoms with Crippen molar-refractivity contribution in [1.29, 1.82) is 0 Å². The lowest BCUT2D eigenvalue weighted by Gasteiger charge is -2.13. The van der Waals surface area contributed by atoms with E-state index in [1.165, 1.54) is 32.1 Å². The first-order chi connectivity index (χ1) is 9.24. The first-order valence-corrected chi connectivity index (χ1v) is 7.50. The zero-order valence-electron chi connectivity index (χ0n) is 12.2. The van der Waals surface area contributed by atoms with Crippen LogP contribution in [-0.2, 0) is 4.74 Å². The summed E-state index contributed by atoms with van der Waals surface area (Å²) < 4.78 is 5.43. The highest BCUT2D eigenvalue weighted by Gasteiger charge is 2.10. The van der Waals surface area contributed by atoms with Crippen LogP contribution in [0.15, 0.2) is 30.3 Å². The Morgan fingerprint density at radius 2 is 1.68 bits per heavy atom. The summed E-state index contributed by atoms with van der Waals surface area (Å²) in [5, 5.41) is 0. The highest BCUT2D eigenvalue weighted by molar-refractivity contribution is 5.89. The quantitative estimate of drug-likeness (QED) is 0.463. The summed E-state index contributed by atoms with van der Waals surface area (Å²) in [7, 11) is 0. The Kier molecular flexibility index (Phi) is 7.95. The maximum absolute atomic E-state index is 11.8. The molecule has 0 N–H and O–H groups in total. The molecule has 0 saturated heterocycles. The predicted octanol–water partition coefficient (Wildman–Crippen LogP) is 4.98. The second-order valence-electron chi connectivity index (χ2n) is 5.14. The van der Waals surface area contributed by atoms with Crippen LogP contribution in [0, 0.1) is 0 Å². The normalized spacial score (nSPS) is 12.1. The van der Waals surface area contributed by atoms with Crippen LogP contribution in [-0.4, -0.2) is 12.1 Å². The molecule has 1 rings (SSSR count). The fraction of sp³-hybridized carbons (Fsp3) is 0.588. The Bertz CT molecular complexity index is 346. The summed E-state index contributed by atoms with van der Waals surface area (Å²) in [6, 6.07) is 9.19. The van der Waals surface area contributed by atoms with Gasteiger partial charge in [0, 0.05) is 0 Å². The third-order valence-electron chi connectivity index (χ3n) is 3.28. The van der Waals surface area contributed by atoms with E-state index in [4.69, 9.17) is 4.74 Å². The molecule has 19 heavy (non-hydrogen) atoms. The summed E-state index contributed by atoms with van der Waals surface area (Å²) in [5.74, 6) is -0.209. The van der Waals surface area contributed by atoms with Gasteiger partial charge in [-0.3, -0.25) is 0 Å². The van der Waals surface area contributed by atoms with E-state index in [2.05, 4.69) is 6.92 Å². The second-order valence-corrected chi connectivity index (χ2v) is 5.14. The van der Waals surface area contributed by atoms with Crippen molar-refractivity contribution in [1.82, 2.24) is 0 Å². The minimum atomic E-state index is -0.209. The molecule has 0 aliphatic heterocycles. The lowest BCUT2D eigenvalue weighted by molar-refractivity contribution is 0.0319. The second kappa shape index (κ2) is 9.60. The van der Waals surface area contributed by atoms with Crippen molar-refractivity contribution < 1.29 is 9.53 Å². The molecule has 0 radical (unpaired) electrons. The van der Waals surface area contributed by atoms with Crippen molar-refractivity contribution in [2.75, 3.05) is 0 Å². The van der Waals surface area contributed by atoms with Gasteiger partial charge in [0.15, 0.2) is 0 Å². The SMILES string of the molecule is CCCCCCCC[C@H](C)OC(=O)c1ccccc1. The van der Waals surface area contributed by atoms with Gasteiger partial charge in [-0.05, 0) is 31.9 Å². The van der Waals surface area contributed by atoms with E-state index in [1.807, 2.05) is 25.1 Å². The van der Waals surface area contributed by atoms with E-state index in [1.54, 1.807) is 12.1 Å². The molecule has 0 amide bonds. The molecule has 2 heteroatoms. The van der Waals surface area contributed by atoms with E-state index in [9.17, 15) is 4.79 Å². The molecular weight excluding hydrogens is 236 g/mol. The van der Waals surface area contributed by atoms with Gasteiger partial charge in [-0.15, -0.1) is 0 Å². The monoisotopic (exact) mass is 262 g/mol. The fourth-order valence-electron chi connectivity index (χ4n) is 2.10. The molecular formula is C17H26O2. The summed E-state index contributed by atoms with van der Waals surface area (Å²) in [6.45, 7) is 4.21. The van der Waals surface area contributed by atoms with Crippen molar-refractivity contribution in [2.45, 2.75) is 64.9 Å². The maximum atomic E-state index is 11.8.